The first-order valence-electron chi connectivity index (χ1n) is 8.59. The second kappa shape index (κ2) is 7.91. The molecule has 1 saturated heterocycles. The Kier molecular flexibility index (Phi) is 5.61. The molecule has 138 valence electrons. The molecule has 4 nitrogen and oxygen atoms in total. The monoisotopic (exact) mass is 374 g/mol. The van der Waals surface area contributed by atoms with Gasteiger partial charge in [-0.15, -0.1) is 0 Å². The van der Waals surface area contributed by atoms with Crippen molar-refractivity contribution in [1.82, 2.24) is 4.90 Å². The molecule has 0 spiro atoms. The average Bonchev–Trinajstić information content (AvgIpc) is 3.14. The van der Waals surface area contributed by atoms with E-state index in [1.165, 1.54) is 6.07 Å². The zero-order valence-corrected chi connectivity index (χ0v) is 16.0. The predicted octanol–water partition coefficient (Wildman–Crippen LogP) is 4.69. The Morgan fingerprint density at radius 2 is 2.00 bits per heavy atom. The number of methoxy groups -OCH3 is 2. The van der Waals surface area contributed by atoms with Crippen molar-refractivity contribution in [3.8, 4) is 11.5 Å². The lowest BCUT2D eigenvalue weighted by atomic mass is 10.0. The largest absolute Gasteiger partial charge is 0.497 e. The number of benzene rings is 2. The molecule has 0 amide bonds. The van der Waals surface area contributed by atoms with Crippen LogP contribution in [0.25, 0.3) is 0 Å². The summed E-state index contributed by atoms with van der Waals surface area (Å²) in [6, 6.07) is 10.9. The number of hydrogen-bond donors (Lipinski definition) is 1. The van der Waals surface area contributed by atoms with Gasteiger partial charge in [0.2, 0.25) is 0 Å². The lowest BCUT2D eigenvalue weighted by molar-refractivity contribution is 0.362. The molecule has 0 radical (unpaired) electrons. The lowest BCUT2D eigenvalue weighted by Gasteiger charge is -2.29. The first-order valence-corrected chi connectivity index (χ1v) is 9.00. The fraction of sp³-hybridized carbons (Fsp3) is 0.350. The number of rotatable bonds is 4. The Hall–Kier alpha value is -2.34. The summed E-state index contributed by atoms with van der Waals surface area (Å²) < 4.78 is 24.7. The Balaban J connectivity index is 1.83. The van der Waals surface area contributed by atoms with Crippen LogP contribution in [0, 0.1) is 12.7 Å². The molecule has 2 aromatic carbocycles. The van der Waals surface area contributed by atoms with E-state index >= 15 is 0 Å². The van der Waals surface area contributed by atoms with Gasteiger partial charge in [0.25, 0.3) is 0 Å². The maximum absolute atomic E-state index is 13.8. The van der Waals surface area contributed by atoms with Crippen molar-refractivity contribution in [2.75, 3.05) is 26.1 Å². The summed E-state index contributed by atoms with van der Waals surface area (Å²) in [5.74, 6) is 1.35. The highest BCUT2D eigenvalue weighted by molar-refractivity contribution is 7.80. The van der Waals surface area contributed by atoms with Crippen LogP contribution >= 0.6 is 12.2 Å². The molecular weight excluding hydrogens is 351 g/mol. The number of nitrogens with one attached hydrogen (secondary N) is 1. The van der Waals surface area contributed by atoms with Gasteiger partial charge in [-0.3, -0.25) is 0 Å². The van der Waals surface area contributed by atoms with Gasteiger partial charge >= 0.3 is 0 Å². The van der Waals surface area contributed by atoms with Gasteiger partial charge in [0, 0.05) is 17.8 Å². The second-order valence-electron chi connectivity index (χ2n) is 6.35. The van der Waals surface area contributed by atoms with Gasteiger partial charge in [-0.05, 0) is 67.9 Å². The summed E-state index contributed by atoms with van der Waals surface area (Å²) in [6.07, 6.45) is 1.99. The molecule has 6 heteroatoms. The lowest BCUT2D eigenvalue weighted by Crippen LogP contribution is -2.34. The molecule has 26 heavy (non-hydrogen) atoms. The van der Waals surface area contributed by atoms with E-state index in [1.807, 2.05) is 24.3 Å². The quantitative estimate of drug-likeness (QED) is 0.786. The second-order valence-corrected chi connectivity index (χ2v) is 6.74. The minimum absolute atomic E-state index is 0.0929. The van der Waals surface area contributed by atoms with Gasteiger partial charge in [-0.25, -0.2) is 4.39 Å². The van der Waals surface area contributed by atoms with Crippen LogP contribution in [0.4, 0.5) is 10.1 Å². The minimum Gasteiger partial charge on any atom is -0.497 e. The third-order valence-electron chi connectivity index (χ3n) is 4.73. The number of aryl methyl sites for hydroxylation is 1. The van der Waals surface area contributed by atoms with E-state index in [-0.39, 0.29) is 11.9 Å². The Morgan fingerprint density at radius 3 is 2.69 bits per heavy atom. The zero-order chi connectivity index (χ0) is 18.7. The van der Waals surface area contributed by atoms with Crippen LogP contribution in [0.3, 0.4) is 0 Å². The van der Waals surface area contributed by atoms with Crippen LogP contribution in [-0.2, 0) is 0 Å². The van der Waals surface area contributed by atoms with Crippen molar-refractivity contribution in [2.45, 2.75) is 25.8 Å². The third kappa shape index (κ3) is 3.75. The number of ether oxygens (including phenoxy) is 2. The van der Waals surface area contributed by atoms with E-state index in [0.29, 0.717) is 16.4 Å². The van der Waals surface area contributed by atoms with E-state index in [4.69, 9.17) is 21.7 Å². The van der Waals surface area contributed by atoms with Crippen LogP contribution in [-0.4, -0.2) is 30.8 Å². The van der Waals surface area contributed by atoms with Gasteiger partial charge in [0.05, 0.1) is 20.3 Å². The smallest absolute Gasteiger partial charge is 0.173 e. The van der Waals surface area contributed by atoms with Crippen molar-refractivity contribution >= 4 is 23.0 Å². The molecule has 1 fully saturated rings. The molecule has 0 aromatic heterocycles. The van der Waals surface area contributed by atoms with E-state index < -0.39 is 0 Å². The first kappa shape index (κ1) is 18.5. The Labute approximate surface area is 158 Å². The van der Waals surface area contributed by atoms with E-state index in [9.17, 15) is 4.39 Å². The summed E-state index contributed by atoms with van der Waals surface area (Å²) in [5.41, 5.74) is 2.31. The Morgan fingerprint density at radius 1 is 1.19 bits per heavy atom. The number of anilines is 1. The highest BCUT2D eigenvalue weighted by Crippen LogP contribution is 2.39. The topological polar surface area (TPSA) is 33.7 Å². The predicted molar refractivity (Wildman–Crippen MR) is 106 cm³/mol. The average molecular weight is 374 g/mol. The fourth-order valence-electron chi connectivity index (χ4n) is 3.30. The highest BCUT2D eigenvalue weighted by Gasteiger charge is 2.30. The summed E-state index contributed by atoms with van der Waals surface area (Å²) in [7, 11) is 3.31. The van der Waals surface area contributed by atoms with E-state index in [1.54, 1.807) is 27.2 Å². The van der Waals surface area contributed by atoms with Crippen molar-refractivity contribution in [3.05, 3.63) is 53.3 Å². The van der Waals surface area contributed by atoms with Gasteiger partial charge in [0.1, 0.15) is 17.3 Å². The summed E-state index contributed by atoms with van der Waals surface area (Å²) in [5, 5.41) is 3.75. The van der Waals surface area contributed by atoms with Crippen LogP contribution in [0.5, 0.6) is 11.5 Å². The van der Waals surface area contributed by atoms with E-state index in [2.05, 4.69) is 10.2 Å². The SMILES string of the molecule is COc1ccc(OC)c([C@@H]2CCCN2C(=S)Nc2ccc(C)c(F)c2)c1. The van der Waals surface area contributed by atoms with Gasteiger partial charge in [0.15, 0.2) is 5.11 Å². The molecule has 1 aliphatic heterocycles. The maximum Gasteiger partial charge on any atom is 0.173 e. The molecule has 3 rings (SSSR count). The van der Waals surface area contributed by atoms with Crippen LogP contribution in [0.1, 0.15) is 30.0 Å². The fourth-order valence-corrected chi connectivity index (χ4v) is 3.64. The molecule has 1 atom stereocenters. The van der Waals surface area contributed by atoms with Crippen molar-refractivity contribution in [2.24, 2.45) is 0 Å². The molecular formula is C20H23FN2O2S. The van der Waals surface area contributed by atoms with Crippen LogP contribution in [0.15, 0.2) is 36.4 Å². The van der Waals surface area contributed by atoms with Crippen LogP contribution in [0.2, 0.25) is 0 Å². The summed E-state index contributed by atoms with van der Waals surface area (Å²) in [6.45, 7) is 2.58. The highest BCUT2D eigenvalue weighted by atomic mass is 32.1. The van der Waals surface area contributed by atoms with Gasteiger partial charge in [-0.2, -0.15) is 0 Å². The van der Waals surface area contributed by atoms with Crippen molar-refractivity contribution < 1.29 is 13.9 Å². The zero-order valence-electron chi connectivity index (χ0n) is 15.2. The number of likely N-dealkylation sites (tertiary alicyclic amines) is 1. The molecule has 0 saturated carbocycles. The number of halogens is 1. The first-order chi connectivity index (χ1) is 12.5. The molecule has 0 bridgehead atoms. The third-order valence-corrected chi connectivity index (χ3v) is 5.07. The maximum atomic E-state index is 13.8. The summed E-state index contributed by atoms with van der Waals surface area (Å²) in [4.78, 5) is 2.13. The molecule has 1 aliphatic rings. The molecule has 0 unspecified atom stereocenters. The molecule has 1 N–H and O–H groups in total. The number of nitrogens with zero attached hydrogens (tertiary/aromatic N) is 1. The Bertz CT molecular complexity index is 812. The molecule has 1 heterocycles. The van der Waals surface area contributed by atoms with Crippen molar-refractivity contribution in [3.63, 3.8) is 0 Å². The number of thiocarbonyl (C=S) groups is 1. The summed E-state index contributed by atoms with van der Waals surface area (Å²) >= 11 is 5.61. The minimum atomic E-state index is -0.245. The standard InChI is InChI=1S/C20H23FN2O2S/c1-13-6-7-14(11-17(13)21)22-20(26)23-10-4-5-18(23)16-12-15(24-2)8-9-19(16)25-3/h6-9,11-12,18H,4-5,10H2,1-3H3,(H,22,26)/t18-/m0/s1. The van der Waals surface area contributed by atoms with Gasteiger partial charge in [-0.1, -0.05) is 6.07 Å². The molecule has 0 aliphatic carbocycles. The van der Waals surface area contributed by atoms with Crippen LogP contribution < -0.4 is 14.8 Å². The normalized spacial score (nSPS) is 16.5. The van der Waals surface area contributed by atoms with E-state index in [0.717, 1.165) is 36.4 Å². The van der Waals surface area contributed by atoms with Crippen molar-refractivity contribution in [1.29, 1.82) is 0 Å². The molecule has 2 aromatic rings. The number of hydrogen-bond acceptors (Lipinski definition) is 3. The van der Waals surface area contributed by atoms with Gasteiger partial charge < -0.3 is 19.7 Å².